The molecule has 0 atom stereocenters. The first kappa shape index (κ1) is 10.8. The van der Waals surface area contributed by atoms with Gasteiger partial charge in [-0.05, 0) is 6.07 Å². The minimum absolute atomic E-state index is 0.198. The van der Waals surface area contributed by atoms with E-state index in [1.165, 1.54) is 0 Å². The fourth-order valence-electron chi connectivity index (χ4n) is 0.932. The highest BCUT2D eigenvalue weighted by Gasteiger charge is 2.05. The lowest BCUT2D eigenvalue weighted by Crippen LogP contribution is -2.12. The Balaban J connectivity index is 2.64. The van der Waals surface area contributed by atoms with Gasteiger partial charge in [0.25, 0.3) is 6.43 Å². The largest absolute Gasteiger partial charge is 0.364 e. The summed E-state index contributed by atoms with van der Waals surface area (Å²) in [5.74, 6) is 1.30. The fourth-order valence-corrected chi connectivity index (χ4v) is 0.932. The van der Waals surface area contributed by atoms with Crippen molar-refractivity contribution in [3.8, 4) is 0 Å². The normalized spacial score (nSPS) is 11.0. The maximum Gasteiger partial charge on any atom is 0.255 e. The fraction of sp³-hybridized carbons (Fsp3) is 0.556. The molecular formula is C9H13F2N3. The van der Waals surface area contributed by atoms with Crippen molar-refractivity contribution < 1.29 is 8.78 Å². The molecule has 0 amide bonds. The molecular weight excluding hydrogens is 188 g/mol. The first-order chi connectivity index (χ1) is 6.59. The Labute approximate surface area is 81.6 Å². The van der Waals surface area contributed by atoms with Crippen molar-refractivity contribution in [3.63, 3.8) is 0 Å². The van der Waals surface area contributed by atoms with Crippen LogP contribution in [0.4, 0.5) is 14.6 Å². The summed E-state index contributed by atoms with van der Waals surface area (Å²) in [6, 6.07) is 1.58. The molecule has 3 nitrogen and oxygen atoms in total. The molecule has 78 valence electrons. The second-order valence-electron chi connectivity index (χ2n) is 3.23. The Morgan fingerprint density at radius 1 is 1.43 bits per heavy atom. The molecule has 0 aliphatic rings. The molecule has 0 saturated heterocycles. The van der Waals surface area contributed by atoms with Gasteiger partial charge in [0.05, 0.1) is 6.54 Å². The Morgan fingerprint density at radius 2 is 2.14 bits per heavy atom. The molecule has 0 radical (unpaired) electrons. The summed E-state index contributed by atoms with van der Waals surface area (Å²) >= 11 is 0. The summed E-state index contributed by atoms with van der Waals surface area (Å²) < 4.78 is 23.7. The van der Waals surface area contributed by atoms with Crippen molar-refractivity contribution in [2.45, 2.75) is 26.2 Å². The topological polar surface area (TPSA) is 37.8 Å². The van der Waals surface area contributed by atoms with E-state index in [9.17, 15) is 8.78 Å². The van der Waals surface area contributed by atoms with Crippen LogP contribution in [-0.4, -0.2) is 22.9 Å². The predicted molar refractivity (Wildman–Crippen MR) is 50.6 cm³/mol. The molecule has 0 unspecified atom stereocenters. The van der Waals surface area contributed by atoms with Crippen molar-refractivity contribution in [3.05, 3.63) is 18.1 Å². The number of alkyl halides is 2. The average Bonchev–Trinajstić information content (AvgIpc) is 2.15. The van der Waals surface area contributed by atoms with Crippen LogP contribution in [0, 0.1) is 0 Å². The van der Waals surface area contributed by atoms with E-state index in [0.29, 0.717) is 11.6 Å². The summed E-state index contributed by atoms with van der Waals surface area (Å²) in [5, 5.41) is 2.54. The summed E-state index contributed by atoms with van der Waals surface area (Å²) in [7, 11) is 0. The van der Waals surface area contributed by atoms with Crippen molar-refractivity contribution in [1.29, 1.82) is 0 Å². The number of hydrogen-bond donors (Lipinski definition) is 1. The molecule has 1 aromatic heterocycles. The van der Waals surface area contributed by atoms with Gasteiger partial charge < -0.3 is 5.32 Å². The van der Waals surface area contributed by atoms with Gasteiger partial charge in [0.15, 0.2) is 0 Å². The SMILES string of the molecule is CC(C)c1nccc(NCC(F)F)n1. The molecule has 0 aliphatic heterocycles. The molecule has 5 heteroatoms. The number of nitrogens with one attached hydrogen (secondary N) is 1. The van der Waals surface area contributed by atoms with E-state index >= 15 is 0 Å². The minimum atomic E-state index is -2.37. The van der Waals surface area contributed by atoms with Crippen molar-refractivity contribution in [2.75, 3.05) is 11.9 Å². The number of anilines is 1. The van der Waals surface area contributed by atoms with Crippen molar-refractivity contribution in [2.24, 2.45) is 0 Å². The summed E-state index contributed by atoms with van der Waals surface area (Å²) in [6.45, 7) is 3.52. The van der Waals surface area contributed by atoms with Crippen LogP contribution in [0.3, 0.4) is 0 Å². The number of rotatable bonds is 4. The van der Waals surface area contributed by atoms with Crippen LogP contribution < -0.4 is 5.32 Å². The smallest absolute Gasteiger partial charge is 0.255 e. The molecule has 0 bridgehead atoms. The quantitative estimate of drug-likeness (QED) is 0.812. The minimum Gasteiger partial charge on any atom is -0.364 e. The third-order valence-corrected chi connectivity index (χ3v) is 1.63. The summed E-state index contributed by atoms with van der Waals surface area (Å²) in [5.41, 5.74) is 0. The highest BCUT2D eigenvalue weighted by Crippen LogP contribution is 2.10. The Hall–Kier alpha value is -1.26. The zero-order valence-electron chi connectivity index (χ0n) is 8.17. The summed E-state index contributed by atoms with van der Waals surface area (Å²) in [6.07, 6.45) is -0.802. The molecule has 1 rings (SSSR count). The molecule has 0 fully saturated rings. The molecule has 1 aromatic rings. The highest BCUT2D eigenvalue weighted by molar-refractivity contribution is 5.33. The van der Waals surface area contributed by atoms with Crippen LogP contribution in [0.15, 0.2) is 12.3 Å². The van der Waals surface area contributed by atoms with Gasteiger partial charge in [-0.1, -0.05) is 13.8 Å². The van der Waals surface area contributed by atoms with Crippen molar-refractivity contribution in [1.82, 2.24) is 9.97 Å². The van der Waals surface area contributed by atoms with Gasteiger partial charge in [-0.3, -0.25) is 0 Å². The van der Waals surface area contributed by atoms with E-state index in [-0.39, 0.29) is 12.5 Å². The van der Waals surface area contributed by atoms with Gasteiger partial charge in [0, 0.05) is 12.1 Å². The second kappa shape index (κ2) is 4.83. The standard InChI is InChI=1S/C9H13F2N3/c1-6(2)9-12-4-3-8(14-9)13-5-7(10)11/h3-4,6-7H,5H2,1-2H3,(H,12,13,14). The second-order valence-corrected chi connectivity index (χ2v) is 3.23. The predicted octanol–water partition coefficient (Wildman–Crippen LogP) is 2.28. The molecule has 0 aromatic carbocycles. The van der Waals surface area contributed by atoms with Gasteiger partial charge in [-0.2, -0.15) is 0 Å². The van der Waals surface area contributed by atoms with Gasteiger partial charge in [0.2, 0.25) is 0 Å². The number of hydrogen-bond acceptors (Lipinski definition) is 3. The van der Waals surface area contributed by atoms with Crippen LogP contribution in [-0.2, 0) is 0 Å². The highest BCUT2D eigenvalue weighted by atomic mass is 19.3. The Morgan fingerprint density at radius 3 is 2.71 bits per heavy atom. The lowest BCUT2D eigenvalue weighted by Gasteiger charge is -2.07. The van der Waals surface area contributed by atoms with E-state index in [1.807, 2.05) is 13.8 Å². The van der Waals surface area contributed by atoms with E-state index in [0.717, 1.165) is 0 Å². The average molecular weight is 201 g/mol. The zero-order chi connectivity index (χ0) is 10.6. The number of nitrogens with zero attached hydrogens (tertiary/aromatic N) is 2. The van der Waals surface area contributed by atoms with Crippen LogP contribution in [0.1, 0.15) is 25.6 Å². The lowest BCUT2D eigenvalue weighted by molar-refractivity contribution is 0.163. The first-order valence-electron chi connectivity index (χ1n) is 4.44. The Kier molecular flexibility index (Phi) is 3.73. The third kappa shape index (κ3) is 3.24. The van der Waals surface area contributed by atoms with Gasteiger partial charge >= 0.3 is 0 Å². The number of halogens is 2. The van der Waals surface area contributed by atoms with E-state index < -0.39 is 6.43 Å². The van der Waals surface area contributed by atoms with Crippen molar-refractivity contribution >= 4 is 5.82 Å². The maximum atomic E-state index is 11.9. The molecule has 14 heavy (non-hydrogen) atoms. The van der Waals surface area contributed by atoms with Crippen LogP contribution >= 0.6 is 0 Å². The van der Waals surface area contributed by atoms with Crippen LogP contribution in [0.5, 0.6) is 0 Å². The monoisotopic (exact) mass is 201 g/mol. The van der Waals surface area contributed by atoms with Gasteiger partial charge in [0.1, 0.15) is 11.6 Å². The zero-order valence-corrected chi connectivity index (χ0v) is 8.17. The third-order valence-electron chi connectivity index (χ3n) is 1.63. The maximum absolute atomic E-state index is 11.9. The molecule has 0 aliphatic carbocycles. The van der Waals surface area contributed by atoms with Crippen LogP contribution in [0.2, 0.25) is 0 Å². The van der Waals surface area contributed by atoms with Gasteiger partial charge in [-0.15, -0.1) is 0 Å². The molecule has 1 heterocycles. The van der Waals surface area contributed by atoms with Crippen LogP contribution in [0.25, 0.3) is 0 Å². The summed E-state index contributed by atoms with van der Waals surface area (Å²) in [4.78, 5) is 8.12. The lowest BCUT2D eigenvalue weighted by atomic mass is 10.2. The number of aromatic nitrogens is 2. The molecule has 1 N–H and O–H groups in total. The van der Waals surface area contributed by atoms with Gasteiger partial charge in [-0.25, -0.2) is 18.7 Å². The van der Waals surface area contributed by atoms with E-state index in [4.69, 9.17) is 0 Å². The van der Waals surface area contributed by atoms with E-state index in [2.05, 4.69) is 15.3 Å². The van der Waals surface area contributed by atoms with E-state index in [1.54, 1.807) is 12.3 Å². The molecule has 0 spiro atoms. The molecule has 0 saturated carbocycles. The Bertz CT molecular complexity index is 289. The first-order valence-corrected chi connectivity index (χ1v) is 4.44.